The van der Waals surface area contributed by atoms with Gasteiger partial charge in [0.2, 0.25) is 11.8 Å². The fourth-order valence-electron chi connectivity index (χ4n) is 2.36. The molecule has 6 heteroatoms. The third kappa shape index (κ3) is 2.23. The van der Waals surface area contributed by atoms with E-state index in [1.165, 1.54) is 0 Å². The second kappa shape index (κ2) is 4.44. The number of imidazole rings is 1. The number of H-pyrrole nitrogens is 1. The number of carbonyl (C=O) groups excluding carboxylic acids is 2. The number of hydrogen-bond acceptors (Lipinski definition) is 3. The average Bonchev–Trinajstić information content (AvgIpc) is 2.92. The summed E-state index contributed by atoms with van der Waals surface area (Å²) in [5.74, 6) is 0.596. The topological polar surface area (TPSA) is 78.1 Å². The Labute approximate surface area is 105 Å². The van der Waals surface area contributed by atoms with Gasteiger partial charge in [0.15, 0.2) is 0 Å². The van der Waals surface area contributed by atoms with E-state index in [0.29, 0.717) is 25.6 Å². The lowest BCUT2D eigenvalue weighted by molar-refractivity contribution is -0.129. The molecule has 1 saturated carbocycles. The fraction of sp³-hybridized carbons (Fsp3) is 0.583. The van der Waals surface area contributed by atoms with Gasteiger partial charge in [-0.1, -0.05) is 0 Å². The first-order valence-electron chi connectivity index (χ1n) is 6.29. The van der Waals surface area contributed by atoms with E-state index < -0.39 is 0 Å². The number of rotatable bonds is 4. The van der Waals surface area contributed by atoms with Crippen molar-refractivity contribution in [2.75, 3.05) is 6.54 Å². The molecule has 2 fully saturated rings. The molecule has 1 aromatic heterocycles. The van der Waals surface area contributed by atoms with Crippen molar-refractivity contribution in [1.82, 2.24) is 20.2 Å². The summed E-state index contributed by atoms with van der Waals surface area (Å²) in [7, 11) is 0. The Balaban J connectivity index is 1.52. The molecule has 2 heterocycles. The Hall–Kier alpha value is -1.85. The minimum absolute atomic E-state index is 0.0529. The standard InChI is InChI=1S/C12H16N4O2/c17-11-5-8(7-16(11)9-1-2-9)12(18)15-6-10-13-3-4-14-10/h3-4,8-9H,1-2,5-7H2,(H,13,14)(H,15,18). The highest BCUT2D eigenvalue weighted by molar-refractivity contribution is 5.89. The third-order valence-corrected chi connectivity index (χ3v) is 3.50. The van der Waals surface area contributed by atoms with Gasteiger partial charge in [0.05, 0.1) is 12.5 Å². The average molecular weight is 248 g/mol. The largest absolute Gasteiger partial charge is 0.349 e. The Morgan fingerprint density at radius 1 is 1.56 bits per heavy atom. The van der Waals surface area contributed by atoms with E-state index in [2.05, 4.69) is 15.3 Å². The number of amides is 2. The number of nitrogens with zero attached hydrogens (tertiary/aromatic N) is 2. The molecular weight excluding hydrogens is 232 g/mol. The van der Waals surface area contributed by atoms with Crippen molar-refractivity contribution in [1.29, 1.82) is 0 Å². The summed E-state index contributed by atoms with van der Waals surface area (Å²) in [6, 6.07) is 0.403. The molecule has 2 aliphatic rings. The van der Waals surface area contributed by atoms with Gasteiger partial charge >= 0.3 is 0 Å². The van der Waals surface area contributed by atoms with E-state index in [0.717, 1.165) is 18.7 Å². The molecule has 0 radical (unpaired) electrons. The number of aromatic amines is 1. The molecule has 2 N–H and O–H groups in total. The quantitative estimate of drug-likeness (QED) is 0.789. The summed E-state index contributed by atoms with van der Waals surface area (Å²) in [5, 5.41) is 2.82. The fourth-order valence-corrected chi connectivity index (χ4v) is 2.36. The van der Waals surface area contributed by atoms with Gasteiger partial charge in [0, 0.05) is 31.4 Å². The van der Waals surface area contributed by atoms with E-state index in [9.17, 15) is 9.59 Å². The molecule has 1 aromatic rings. The summed E-state index contributed by atoms with van der Waals surface area (Å²) < 4.78 is 0. The number of hydrogen-bond donors (Lipinski definition) is 2. The Morgan fingerprint density at radius 2 is 2.39 bits per heavy atom. The van der Waals surface area contributed by atoms with E-state index in [4.69, 9.17) is 0 Å². The summed E-state index contributed by atoms with van der Waals surface area (Å²) in [6.07, 6.45) is 5.89. The molecular formula is C12H16N4O2. The second-order valence-electron chi connectivity index (χ2n) is 4.93. The van der Waals surface area contributed by atoms with Gasteiger partial charge in [-0.25, -0.2) is 4.98 Å². The van der Waals surface area contributed by atoms with Crippen LogP contribution in [0, 0.1) is 5.92 Å². The maximum absolute atomic E-state index is 11.9. The summed E-state index contributed by atoms with van der Waals surface area (Å²) in [6.45, 7) is 0.966. The first-order chi connectivity index (χ1) is 8.74. The van der Waals surface area contributed by atoms with E-state index in [1.54, 1.807) is 12.4 Å². The van der Waals surface area contributed by atoms with Crippen molar-refractivity contribution in [3.05, 3.63) is 18.2 Å². The third-order valence-electron chi connectivity index (χ3n) is 3.50. The summed E-state index contributed by atoms with van der Waals surface area (Å²) >= 11 is 0. The molecule has 0 spiro atoms. The minimum atomic E-state index is -0.201. The van der Waals surface area contributed by atoms with Crippen molar-refractivity contribution in [2.24, 2.45) is 5.92 Å². The number of likely N-dealkylation sites (tertiary alicyclic amines) is 1. The first-order valence-corrected chi connectivity index (χ1v) is 6.29. The molecule has 1 aliphatic heterocycles. The maximum atomic E-state index is 11.9. The van der Waals surface area contributed by atoms with Gasteiger partial charge in [-0.05, 0) is 12.8 Å². The van der Waals surface area contributed by atoms with E-state index >= 15 is 0 Å². The van der Waals surface area contributed by atoms with Crippen LogP contribution in [0.5, 0.6) is 0 Å². The van der Waals surface area contributed by atoms with Crippen LogP contribution in [0.3, 0.4) is 0 Å². The molecule has 96 valence electrons. The van der Waals surface area contributed by atoms with Gasteiger partial charge in [-0.15, -0.1) is 0 Å². The van der Waals surface area contributed by atoms with Gasteiger partial charge in [-0.3, -0.25) is 9.59 Å². The highest BCUT2D eigenvalue weighted by Gasteiger charge is 2.41. The molecule has 18 heavy (non-hydrogen) atoms. The van der Waals surface area contributed by atoms with Crippen molar-refractivity contribution < 1.29 is 9.59 Å². The lowest BCUT2D eigenvalue weighted by atomic mass is 10.1. The summed E-state index contributed by atoms with van der Waals surface area (Å²) in [4.78, 5) is 32.5. The van der Waals surface area contributed by atoms with Crippen LogP contribution in [-0.4, -0.2) is 39.3 Å². The van der Waals surface area contributed by atoms with Crippen LogP contribution in [0.1, 0.15) is 25.1 Å². The highest BCUT2D eigenvalue weighted by Crippen LogP contribution is 2.32. The van der Waals surface area contributed by atoms with Crippen LogP contribution in [0.4, 0.5) is 0 Å². The molecule has 3 rings (SSSR count). The van der Waals surface area contributed by atoms with Gasteiger partial charge in [-0.2, -0.15) is 0 Å². The molecule has 0 aromatic carbocycles. The Bertz CT molecular complexity index is 453. The SMILES string of the molecule is O=C(NCc1ncc[nH]1)C1CC(=O)N(C2CC2)C1. The van der Waals surface area contributed by atoms with Crippen LogP contribution in [0.2, 0.25) is 0 Å². The zero-order valence-electron chi connectivity index (χ0n) is 10.1. The van der Waals surface area contributed by atoms with Crippen molar-refractivity contribution >= 4 is 11.8 Å². The first kappa shape index (κ1) is 11.3. The molecule has 1 unspecified atom stereocenters. The zero-order chi connectivity index (χ0) is 12.5. The van der Waals surface area contributed by atoms with Crippen LogP contribution in [-0.2, 0) is 16.1 Å². The molecule has 0 bridgehead atoms. The molecule has 2 amide bonds. The number of nitrogens with one attached hydrogen (secondary N) is 2. The Morgan fingerprint density at radius 3 is 3.06 bits per heavy atom. The molecule has 1 aliphatic carbocycles. The maximum Gasteiger partial charge on any atom is 0.225 e. The lowest BCUT2D eigenvalue weighted by Crippen LogP contribution is -2.33. The predicted molar refractivity (Wildman–Crippen MR) is 63.3 cm³/mol. The van der Waals surface area contributed by atoms with Crippen molar-refractivity contribution in [2.45, 2.75) is 31.8 Å². The van der Waals surface area contributed by atoms with E-state index in [-0.39, 0.29) is 17.7 Å². The van der Waals surface area contributed by atoms with Crippen molar-refractivity contribution in [3.63, 3.8) is 0 Å². The number of carbonyl (C=O) groups is 2. The molecule has 1 saturated heterocycles. The minimum Gasteiger partial charge on any atom is -0.349 e. The number of aromatic nitrogens is 2. The highest BCUT2D eigenvalue weighted by atomic mass is 16.2. The van der Waals surface area contributed by atoms with Crippen molar-refractivity contribution in [3.8, 4) is 0 Å². The molecule has 1 atom stereocenters. The zero-order valence-corrected chi connectivity index (χ0v) is 10.1. The van der Waals surface area contributed by atoms with Gasteiger partial charge < -0.3 is 15.2 Å². The van der Waals surface area contributed by atoms with Crippen LogP contribution in [0.15, 0.2) is 12.4 Å². The normalized spacial score (nSPS) is 23.4. The summed E-state index contributed by atoms with van der Waals surface area (Å²) in [5.41, 5.74) is 0. The smallest absolute Gasteiger partial charge is 0.225 e. The van der Waals surface area contributed by atoms with Gasteiger partial charge in [0.1, 0.15) is 5.82 Å². The van der Waals surface area contributed by atoms with Crippen LogP contribution < -0.4 is 5.32 Å². The monoisotopic (exact) mass is 248 g/mol. The lowest BCUT2D eigenvalue weighted by Gasteiger charge is -2.15. The van der Waals surface area contributed by atoms with Crippen LogP contribution >= 0.6 is 0 Å². The van der Waals surface area contributed by atoms with E-state index in [1.807, 2.05) is 4.90 Å². The second-order valence-corrected chi connectivity index (χ2v) is 4.93. The Kier molecular flexibility index (Phi) is 2.77. The van der Waals surface area contributed by atoms with Crippen LogP contribution in [0.25, 0.3) is 0 Å². The predicted octanol–water partition coefficient (Wildman–Crippen LogP) is 0.0368. The molecule has 6 nitrogen and oxygen atoms in total. The van der Waals surface area contributed by atoms with Gasteiger partial charge in [0.25, 0.3) is 0 Å².